The van der Waals surface area contributed by atoms with E-state index < -0.39 is 0 Å². The Morgan fingerprint density at radius 1 is 1.29 bits per heavy atom. The third kappa shape index (κ3) is 3.83. The lowest BCUT2D eigenvalue weighted by molar-refractivity contribution is -0.0999. The van der Waals surface area contributed by atoms with Crippen LogP contribution in [0, 0.1) is 5.41 Å². The minimum Gasteiger partial charge on any atom is -0.380 e. The second-order valence-corrected chi connectivity index (χ2v) is 5.61. The highest BCUT2D eigenvalue weighted by Crippen LogP contribution is 2.25. The van der Waals surface area contributed by atoms with Crippen molar-refractivity contribution in [1.29, 1.82) is 0 Å². The van der Waals surface area contributed by atoms with Crippen molar-refractivity contribution >= 4 is 0 Å². The molecular weight excluding hydrogens is 210 g/mol. The van der Waals surface area contributed by atoms with E-state index in [0.29, 0.717) is 11.5 Å². The van der Waals surface area contributed by atoms with Crippen LogP contribution in [0.1, 0.15) is 25.8 Å². The normalized spacial score (nSPS) is 19.6. The molecule has 1 aliphatic heterocycles. The smallest absolute Gasteiger partial charge is 0.0554 e. The van der Waals surface area contributed by atoms with E-state index in [-0.39, 0.29) is 0 Å². The van der Waals surface area contributed by atoms with E-state index in [0.717, 1.165) is 26.2 Å². The lowest BCUT2D eigenvalue weighted by atomic mass is 9.88. The van der Waals surface area contributed by atoms with Crippen LogP contribution in [-0.4, -0.2) is 25.8 Å². The van der Waals surface area contributed by atoms with Gasteiger partial charge in [0, 0.05) is 18.0 Å². The molecule has 0 saturated carbocycles. The maximum Gasteiger partial charge on any atom is 0.0554 e. The Hall–Kier alpha value is -0.860. The maximum atomic E-state index is 5.26. The Labute approximate surface area is 104 Å². The topological polar surface area (TPSA) is 21.3 Å². The van der Waals surface area contributed by atoms with E-state index >= 15 is 0 Å². The first kappa shape index (κ1) is 12.6. The molecule has 0 amide bonds. The van der Waals surface area contributed by atoms with Crippen LogP contribution in [-0.2, 0) is 11.2 Å². The summed E-state index contributed by atoms with van der Waals surface area (Å²) >= 11 is 0. The van der Waals surface area contributed by atoms with Crippen molar-refractivity contribution in [3.8, 4) is 0 Å². The Balaban J connectivity index is 1.65. The summed E-state index contributed by atoms with van der Waals surface area (Å²) in [6.45, 7) is 7.44. The van der Waals surface area contributed by atoms with Crippen LogP contribution in [0.3, 0.4) is 0 Å². The van der Waals surface area contributed by atoms with Crippen LogP contribution in [0.25, 0.3) is 0 Å². The van der Waals surface area contributed by atoms with Gasteiger partial charge in [-0.2, -0.15) is 0 Å². The molecular formula is C15H23NO. The fraction of sp³-hybridized carbons (Fsp3) is 0.600. The molecule has 0 aliphatic carbocycles. The van der Waals surface area contributed by atoms with Crippen LogP contribution >= 0.6 is 0 Å². The molecule has 1 heterocycles. The average Bonchev–Trinajstić information content (AvgIpc) is 2.33. The Morgan fingerprint density at radius 3 is 2.59 bits per heavy atom. The van der Waals surface area contributed by atoms with Crippen LogP contribution in [0.15, 0.2) is 30.3 Å². The number of hydrogen-bond donors (Lipinski definition) is 1. The van der Waals surface area contributed by atoms with E-state index in [4.69, 9.17) is 4.74 Å². The number of nitrogens with one attached hydrogen (secondary N) is 1. The summed E-state index contributed by atoms with van der Waals surface area (Å²) in [7, 11) is 0. The first-order valence-electron chi connectivity index (χ1n) is 6.53. The minimum atomic E-state index is 0.376. The van der Waals surface area contributed by atoms with Crippen LogP contribution < -0.4 is 5.32 Å². The molecule has 0 spiro atoms. The molecule has 1 aliphatic rings. The molecule has 94 valence electrons. The Morgan fingerprint density at radius 2 is 2.00 bits per heavy atom. The lowest BCUT2D eigenvalue weighted by Gasteiger charge is -2.39. The number of aryl methyl sites for hydroxylation is 1. The van der Waals surface area contributed by atoms with Crippen LogP contribution in [0.4, 0.5) is 0 Å². The van der Waals surface area contributed by atoms with Crippen molar-refractivity contribution in [3.05, 3.63) is 35.9 Å². The summed E-state index contributed by atoms with van der Waals surface area (Å²) in [5.74, 6) is 0. The van der Waals surface area contributed by atoms with Gasteiger partial charge in [0.2, 0.25) is 0 Å². The first-order valence-corrected chi connectivity index (χ1v) is 6.53. The van der Waals surface area contributed by atoms with E-state index in [9.17, 15) is 0 Å². The zero-order valence-corrected chi connectivity index (χ0v) is 10.9. The maximum absolute atomic E-state index is 5.26. The zero-order valence-electron chi connectivity index (χ0n) is 10.9. The number of hydrogen-bond acceptors (Lipinski definition) is 2. The molecule has 0 aromatic heterocycles. The van der Waals surface area contributed by atoms with E-state index in [1.807, 2.05) is 0 Å². The summed E-state index contributed by atoms with van der Waals surface area (Å²) < 4.78 is 5.26. The summed E-state index contributed by atoms with van der Waals surface area (Å²) in [5, 5.41) is 3.62. The molecule has 1 aromatic carbocycles. The predicted octanol–water partition coefficient (Wildman–Crippen LogP) is 2.63. The third-order valence-corrected chi connectivity index (χ3v) is 3.49. The summed E-state index contributed by atoms with van der Waals surface area (Å²) in [5.41, 5.74) is 1.81. The second-order valence-electron chi connectivity index (χ2n) is 5.61. The fourth-order valence-electron chi connectivity index (χ4n) is 2.10. The third-order valence-electron chi connectivity index (χ3n) is 3.49. The molecule has 1 aromatic rings. The van der Waals surface area contributed by atoms with Gasteiger partial charge in [0.25, 0.3) is 0 Å². The minimum absolute atomic E-state index is 0.376. The molecule has 1 N–H and O–H groups in total. The molecule has 1 unspecified atom stereocenters. The van der Waals surface area contributed by atoms with Gasteiger partial charge in [-0.15, -0.1) is 0 Å². The first-order chi connectivity index (χ1) is 8.18. The van der Waals surface area contributed by atoms with Gasteiger partial charge in [-0.25, -0.2) is 0 Å². The van der Waals surface area contributed by atoms with Gasteiger partial charge < -0.3 is 10.1 Å². The van der Waals surface area contributed by atoms with E-state index in [2.05, 4.69) is 49.5 Å². The number of ether oxygens (including phenoxy) is 1. The fourth-order valence-corrected chi connectivity index (χ4v) is 2.10. The molecule has 2 nitrogen and oxygen atoms in total. The molecule has 2 rings (SSSR count). The average molecular weight is 233 g/mol. The molecule has 2 heteroatoms. The summed E-state index contributed by atoms with van der Waals surface area (Å²) in [6.07, 6.45) is 2.35. The van der Waals surface area contributed by atoms with Gasteiger partial charge in [0.15, 0.2) is 0 Å². The van der Waals surface area contributed by atoms with Crippen molar-refractivity contribution in [3.63, 3.8) is 0 Å². The summed E-state index contributed by atoms with van der Waals surface area (Å²) in [6, 6.07) is 11.3. The van der Waals surface area contributed by atoms with E-state index in [1.165, 1.54) is 12.0 Å². The monoisotopic (exact) mass is 233 g/mol. The van der Waals surface area contributed by atoms with Gasteiger partial charge in [0.1, 0.15) is 0 Å². The second kappa shape index (κ2) is 5.65. The standard InChI is InChI=1S/C15H23NO/c1-13(16-10-15(2)11-17-12-15)8-9-14-6-4-3-5-7-14/h3-7,13,16H,8-12H2,1-2H3. The van der Waals surface area contributed by atoms with Crippen molar-refractivity contribution in [2.45, 2.75) is 32.7 Å². The van der Waals surface area contributed by atoms with Crippen molar-refractivity contribution in [1.82, 2.24) is 5.32 Å². The van der Waals surface area contributed by atoms with Gasteiger partial charge in [-0.3, -0.25) is 0 Å². The van der Waals surface area contributed by atoms with Crippen molar-refractivity contribution in [2.24, 2.45) is 5.41 Å². The van der Waals surface area contributed by atoms with Gasteiger partial charge in [0.05, 0.1) is 13.2 Å². The molecule has 1 saturated heterocycles. The highest BCUT2D eigenvalue weighted by Gasteiger charge is 2.33. The predicted molar refractivity (Wildman–Crippen MR) is 71.2 cm³/mol. The van der Waals surface area contributed by atoms with E-state index in [1.54, 1.807) is 0 Å². The van der Waals surface area contributed by atoms with Gasteiger partial charge in [-0.1, -0.05) is 37.3 Å². The Kier molecular flexibility index (Phi) is 4.19. The van der Waals surface area contributed by atoms with Gasteiger partial charge >= 0.3 is 0 Å². The largest absolute Gasteiger partial charge is 0.380 e. The number of benzene rings is 1. The highest BCUT2D eigenvalue weighted by atomic mass is 16.5. The van der Waals surface area contributed by atoms with Crippen molar-refractivity contribution < 1.29 is 4.74 Å². The zero-order chi connectivity index (χ0) is 12.1. The lowest BCUT2D eigenvalue weighted by Crippen LogP contribution is -2.49. The molecule has 17 heavy (non-hydrogen) atoms. The quantitative estimate of drug-likeness (QED) is 0.815. The molecule has 0 bridgehead atoms. The number of rotatable bonds is 6. The molecule has 1 fully saturated rings. The van der Waals surface area contributed by atoms with Crippen LogP contribution in [0.2, 0.25) is 0 Å². The Bertz CT molecular complexity index is 332. The molecule has 0 radical (unpaired) electrons. The molecule has 1 atom stereocenters. The summed E-state index contributed by atoms with van der Waals surface area (Å²) in [4.78, 5) is 0. The SMILES string of the molecule is CC(CCc1ccccc1)NCC1(C)COC1. The van der Waals surface area contributed by atoms with Gasteiger partial charge in [-0.05, 0) is 25.3 Å². The van der Waals surface area contributed by atoms with Crippen molar-refractivity contribution in [2.75, 3.05) is 19.8 Å². The van der Waals surface area contributed by atoms with Crippen LogP contribution in [0.5, 0.6) is 0 Å². The highest BCUT2D eigenvalue weighted by molar-refractivity contribution is 5.14.